The monoisotopic (exact) mass is 906 g/mol. The van der Waals surface area contributed by atoms with Crippen LogP contribution in [0, 0.1) is 0 Å². The predicted octanol–water partition coefficient (Wildman–Crippen LogP) is 18.8. The van der Waals surface area contributed by atoms with Crippen LogP contribution in [0.15, 0.2) is 54.6 Å². The van der Waals surface area contributed by atoms with E-state index >= 15 is 0 Å². The Morgan fingerprint density at radius 3 is 1.02 bits per heavy atom. The van der Waals surface area contributed by atoms with Gasteiger partial charge in [-0.2, -0.15) is 0 Å². The molecule has 5 nitrogen and oxygen atoms in total. The SMILES string of the molecule is CCCCCCCCCCCCOc1cc(/C=C/c2cc(C=O)cc(/C=C/c3ccc(N(C)C)cc3)c2)cc(OCCCCCCCCCCCC)c1OCCCCCCCCCCCC. The number of unbranched alkanes of at least 4 members (excludes halogenated alkanes) is 27. The number of hydrogen-bond donors (Lipinski definition) is 0. The van der Waals surface area contributed by atoms with Crippen LogP contribution in [0.5, 0.6) is 17.2 Å². The van der Waals surface area contributed by atoms with Crippen molar-refractivity contribution in [2.24, 2.45) is 0 Å². The van der Waals surface area contributed by atoms with Gasteiger partial charge in [0.15, 0.2) is 11.5 Å². The Balaban J connectivity index is 1.77. The molecule has 3 aromatic carbocycles. The fraction of sp³-hybridized carbons (Fsp3) is 0.623. The molecule has 0 aliphatic heterocycles. The van der Waals surface area contributed by atoms with E-state index in [0.717, 1.165) is 70.7 Å². The van der Waals surface area contributed by atoms with Gasteiger partial charge in [-0.1, -0.05) is 231 Å². The summed E-state index contributed by atoms with van der Waals surface area (Å²) in [7, 11) is 4.10. The molecule has 0 unspecified atom stereocenters. The third kappa shape index (κ3) is 26.4. The quantitative estimate of drug-likeness (QED) is 0.0322. The van der Waals surface area contributed by atoms with Crippen molar-refractivity contribution in [3.8, 4) is 17.2 Å². The first-order chi connectivity index (χ1) is 32.5. The van der Waals surface area contributed by atoms with E-state index in [2.05, 4.69) is 92.4 Å². The van der Waals surface area contributed by atoms with Crippen molar-refractivity contribution in [2.45, 2.75) is 213 Å². The zero-order valence-electron chi connectivity index (χ0n) is 43.0. The molecule has 3 rings (SSSR count). The number of benzene rings is 3. The molecule has 0 aliphatic rings. The standard InChI is InChI=1S/C61H95NO4/c1-6-9-12-15-18-21-24-27-30-33-44-64-59-50-56(39-38-55-47-54(48-57(49-55)52-63)37-36-53-40-42-58(43-41-53)62(4)5)51-60(65-45-34-31-28-25-22-19-16-13-10-7-2)61(59)66-46-35-32-29-26-23-20-17-14-11-8-3/h36-43,47-52H,6-35,44-46H2,1-5H3/b37-36+,39-38+. The molecule has 0 N–H and O–H groups in total. The van der Waals surface area contributed by atoms with Crippen LogP contribution in [0.25, 0.3) is 24.3 Å². The highest BCUT2D eigenvalue weighted by Gasteiger charge is 2.16. The number of nitrogens with zero attached hydrogens (tertiary/aromatic N) is 1. The van der Waals surface area contributed by atoms with Crippen molar-refractivity contribution in [3.63, 3.8) is 0 Å². The van der Waals surface area contributed by atoms with Gasteiger partial charge in [0.05, 0.1) is 19.8 Å². The second kappa shape index (κ2) is 38.0. The summed E-state index contributed by atoms with van der Waals surface area (Å²) in [5, 5.41) is 0. The number of aldehydes is 1. The van der Waals surface area contributed by atoms with Crippen LogP contribution < -0.4 is 19.1 Å². The van der Waals surface area contributed by atoms with E-state index in [1.165, 1.54) is 173 Å². The normalized spacial score (nSPS) is 11.5. The van der Waals surface area contributed by atoms with Gasteiger partial charge in [0.25, 0.3) is 0 Å². The maximum Gasteiger partial charge on any atom is 0.203 e. The van der Waals surface area contributed by atoms with Crippen LogP contribution in [0.2, 0.25) is 0 Å². The third-order valence-electron chi connectivity index (χ3n) is 12.8. The topological polar surface area (TPSA) is 48.0 Å². The Morgan fingerprint density at radius 1 is 0.364 bits per heavy atom. The van der Waals surface area contributed by atoms with Crippen LogP contribution >= 0.6 is 0 Å². The van der Waals surface area contributed by atoms with E-state index in [1.807, 2.05) is 26.2 Å². The first-order valence-corrected chi connectivity index (χ1v) is 27.3. The Bertz CT molecular complexity index is 1660. The number of carbonyl (C=O) groups excluding carboxylic acids is 1. The summed E-state index contributed by atoms with van der Waals surface area (Å²) in [5.41, 5.74) is 5.86. The van der Waals surface area contributed by atoms with Crippen LogP contribution in [-0.2, 0) is 0 Å². The minimum absolute atomic E-state index is 0.650. The van der Waals surface area contributed by atoms with Gasteiger partial charge in [-0.25, -0.2) is 0 Å². The molecule has 0 amide bonds. The van der Waals surface area contributed by atoms with Gasteiger partial charge in [0.2, 0.25) is 5.75 Å². The molecule has 368 valence electrons. The average Bonchev–Trinajstić information content (AvgIpc) is 3.33. The van der Waals surface area contributed by atoms with Crippen LogP contribution in [0.3, 0.4) is 0 Å². The van der Waals surface area contributed by atoms with Gasteiger partial charge < -0.3 is 19.1 Å². The number of anilines is 1. The maximum absolute atomic E-state index is 12.1. The molecule has 5 heteroatoms. The second-order valence-electron chi connectivity index (χ2n) is 19.1. The minimum atomic E-state index is 0.650. The summed E-state index contributed by atoms with van der Waals surface area (Å²) in [5.74, 6) is 2.28. The molecule has 0 spiro atoms. The first-order valence-electron chi connectivity index (χ1n) is 27.3. The largest absolute Gasteiger partial charge is 0.490 e. The van der Waals surface area contributed by atoms with Gasteiger partial charge in [-0.15, -0.1) is 0 Å². The number of rotatable bonds is 42. The molecule has 0 saturated carbocycles. The lowest BCUT2D eigenvalue weighted by Gasteiger charge is -2.18. The van der Waals surface area contributed by atoms with E-state index in [9.17, 15) is 4.79 Å². The predicted molar refractivity (Wildman–Crippen MR) is 289 cm³/mol. The molecular weight excluding hydrogens is 811 g/mol. The Morgan fingerprint density at radius 2 is 0.667 bits per heavy atom. The Hall–Kier alpha value is -3.99. The summed E-state index contributed by atoms with van der Waals surface area (Å²) in [6.07, 6.45) is 48.0. The molecule has 0 fully saturated rings. The maximum atomic E-state index is 12.1. The van der Waals surface area contributed by atoms with Gasteiger partial charge in [-0.05, 0) is 84.0 Å². The van der Waals surface area contributed by atoms with Gasteiger partial charge in [0, 0.05) is 25.3 Å². The van der Waals surface area contributed by atoms with E-state index in [1.54, 1.807) is 0 Å². The van der Waals surface area contributed by atoms with Crippen LogP contribution in [0.1, 0.15) is 246 Å². The molecule has 0 aliphatic carbocycles. The molecule has 0 heterocycles. The molecule has 0 bridgehead atoms. The summed E-state index contributed by atoms with van der Waals surface area (Å²) >= 11 is 0. The molecule has 0 aromatic heterocycles. The lowest BCUT2D eigenvalue weighted by Crippen LogP contribution is -2.07. The second-order valence-corrected chi connectivity index (χ2v) is 19.1. The molecule has 0 radical (unpaired) electrons. The van der Waals surface area contributed by atoms with E-state index in [0.29, 0.717) is 25.4 Å². The molecule has 0 saturated heterocycles. The van der Waals surface area contributed by atoms with Crippen molar-refractivity contribution in [3.05, 3.63) is 82.4 Å². The highest BCUT2D eigenvalue weighted by molar-refractivity contribution is 5.82. The lowest BCUT2D eigenvalue weighted by molar-refractivity contribution is 0.112. The number of hydrogen-bond acceptors (Lipinski definition) is 5. The van der Waals surface area contributed by atoms with Gasteiger partial charge in [0.1, 0.15) is 6.29 Å². The van der Waals surface area contributed by atoms with Crippen LogP contribution in [0.4, 0.5) is 5.69 Å². The first kappa shape index (κ1) is 56.3. The molecular formula is C61H95NO4. The summed E-state index contributed by atoms with van der Waals surface area (Å²) in [4.78, 5) is 14.2. The minimum Gasteiger partial charge on any atom is -0.490 e. The third-order valence-corrected chi connectivity index (χ3v) is 12.8. The summed E-state index contributed by atoms with van der Waals surface area (Å²) in [6.45, 7) is 8.83. The van der Waals surface area contributed by atoms with Crippen LogP contribution in [-0.4, -0.2) is 40.2 Å². The van der Waals surface area contributed by atoms with Gasteiger partial charge in [-0.3, -0.25) is 4.79 Å². The average molecular weight is 906 g/mol. The van der Waals surface area contributed by atoms with Crippen molar-refractivity contribution in [1.82, 2.24) is 0 Å². The zero-order chi connectivity index (χ0) is 47.1. The lowest BCUT2D eigenvalue weighted by atomic mass is 10.0. The van der Waals surface area contributed by atoms with Crippen molar-refractivity contribution >= 4 is 36.3 Å². The van der Waals surface area contributed by atoms with Crippen molar-refractivity contribution in [2.75, 3.05) is 38.8 Å². The highest BCUT2D eigenvalue weighted by atomic mass is 16.5. The Kier molecular flexibility index (Phi) is 32.5. The van der Waals surface area contributed by atoms with Crippen molar-refractivity contribution < 1.29 is 19.0 Å². The summed E-state index contributed by atoms with van der Waals surface area (Å²) in [6, 6.07) is 18.7. The Labute approximate surface area is 405 Å². The molecule has 0 atom stereocenters. The van der Waals surface area contributed by atoms with E-state index < -0.39 is 0 Å². The van der Waals surface area contributed by atoms with Crippen molar-refractivity contribution in [1.29, 1.82) is 0 Å². The van der Waals surface area contributed by atoms with E-state index in [-0.39, 0.29) is 0 Å². The smallest absolute Gasteiger partial charge is 0.203 e. The van der Waals surface area contributed by atoms with Gasteiger partial charge >= 0.3 is 0 Å². The fourth-order valence-electron chi connectivity index (χ4n) is 8.59. The molecule has 3 aromatic rings. The highest BCUT2D eigenvalue weighted by Crippen LogP contribution is 2.40. The molecule has 66 heavy (non-hydrogen) atoms. The number of ether oxygens (including phenoxy) is 3. The number of carbonyl (C=O) groups is 1. The summed E-state index contributed by atoms with van der Waals surface area (Å²) < 4.78 is 20.0. The fourth-order valence-corrected chi connectivity index (χ4v) is 8.59. The zero-order valence-corrected chi connectivity index (χ0v) is 43.0. The van der Waals surface area contributed by atoms with E-state index in [4.69, 9.17) is 14.2 Å².